The van der Waals surface area contributed by atoms with Crippen molar-refractivity contribution < 1.29 is 0 Å². The minimum Gasteiger partial charge on any atom is -0.357 e. The fraction of sp³-hybridized carbons (Fsp3) is 0.429. The first-order chi connectivity index (χ1) is 7.86. The Bertz CT molecular complexity index is 513. The number of fused-ring (bicyclic) bond motifs is 3. The van der Waals surface area contributed by atoms with Crippen LogP contribution < -0.4 is 0 Å². The molecular weight excluding hydrogens is 262 g/mol. The number of benzene rings is 1. The second-order valence-electron chi connectivity index (χ2n) is 4.66. The monoisotopic (exact) mass is 277 g/mol. The van der Waals surface area contributed by atoms with Gasteiger partial charge in [0, 0.05) is 15.6 Å². The number of aromatic amines is 1. The summed E-state index contributed by atoms with van der Waals surface area (Å²) in [5.41, 5.74) is 4.33. The number of hydrogen-bond donors (Lipinski definition) is 1. The van der Waals surface area contributed by atoms with Crippen molar-refractivity contribution in [2.24, 2.45) is 0 Å². The summed E-state index contributed by atoms with van der Waals surface area (Å²) in [6, 6.07) is 6.50. The molecule has 1 aliphatic carbocycles. The van der Waals surface area contributed by atoms with E-state index in [1.807, 2.05) is 0 Å². The lowest BCUT2D eigenvalue weighted by Crippen LogP contribution is -1.97. The maximum Gasteiger partial charge on any atom is 0.0603 e. The number of H-pyrrole nitrogens is 1. The molecule has 0 unspecified atom stereocenters. The van der Waals surface area contributed by atoms with E-state index in [0.29, 0.717) is 0 Å². The summed E-state index contributed by atoms with van der Waals surface area (Å²) in [6.45, 7) is 0. The topological polar surface area (TPSA) is 15.8 Å². The zero-order chi connectivity index (χ0) is 11.0. The van der Waals surface area contributed by atoms with Crippen LogP contribution in [0.5, 0.6) is 0 Å². The largest absolute Gasteiger partial charge is 0.357 e. The van der Waals surface area contributed by atoms with Gasteiger partial charge in [-0.3, -0.25) is 0 Å². The van der Waals surface area contributed by atoms with Crippen LogP contribution in [0.4, 0.5) is 0 Å². The van der Waals surface area contributed by atoms with Gasteiger partial charge in [-0.15, -0.1) is 0 Å². The van der Waals surface area contributed by atoms with Crippen LogP contribution in [0, 0.1) is 0 Å². The summed E-state index contributed by atoms with van der Waals surface area (Å²) in [7, 11) is 0. The quantitative estimate of drug-likeness (QED) is 0.725. The Morgan fingerprint density at radius 3 is 2.69 bits per heavy atom. The van der Waals surface area contributed by atoms with Crippen LogP contribution in [0.2, 0.25) is 0 Å². The maximum absolute atomic E-state index is 3.63. The molecule has 0 saturated carbocycles. The highest BCUT2D eigenvalue weighted by Gasteiger charge is 2.14. The summed E-state index contributed by atoms with van der Waals surface area (Å²) in [5.74, 6) is 0. The first-order valence-corrected chi connectivity index (χ1v) is 6.93. The molecule has 1 heterocycles. The number of nitrogens with one attached hydrogen (secondary N) is 1. The van der Waals surface area contributed by atoms with Gasteiger partial charge in [-0.2, -0.15) is 0 Å². The lowest BCUT2D eigenvalue weighted by molar-refractivity contribution is 0.614. The number of hydrogen-bond acceptors (Lipinski definition) is 0. The van der Waals surface area contributed by atoms with Crippen molar-refractivity contribution in [1.29, 1.82) is 0 Å². The normalized spacial score (nSPS) is 16.8. The van der Waals surface area contributed by atoms with Gasteiger partial charge in [-0.05, 0) is 53.2 Å². The molecule has 1 N–H and O–H groups in total. The second-order valence-corrected chi connectivity index (χ2v) is 5.51. The zero-order valence-corrected chi connectivity index (χ0v) is 10.9. The Labute approximate surface area is 104 Å². The highest BCUT2D eigenvalue weighted by atomic mass is 79.9. The lowest BCUT2D eigenvalue weighted by Gasteiger charge is -2.09. The third-order valence-corrected chi connectivity index (χ3v) is 4.24. The van der Waals surface area contributed by atoms with Crippen LogP contribution >= 0.6 is 15.9 Å². The molecule has 0 atom stereocenters. The number of rotatable bonds is 0. The molecule has 1 aromatic carbocycles. The predicted octanol–water partition coefficient (Wildman–Crippen LogP) is 4.59. The van der Waals surface area contributed by atoms with Crippen LogP contribution in [0.25, 0.3) is 10.9 Å². The van der Waals surface area contributed by atoms with Gasteiger partial charge in [0.2, 0.25) is 0 Å². The summed E-state index contributed by atoms with van der Waals surface area (Å²) in [5, 5.41) is 1.42. The number of para-hydroxylation sites is 1. The van der Waals surface area contributed by atoms with E-state index < -0.39 is 0 Å². The Balaban J connectivity index is 2.20. The molecule has 2 aromatic rings. The van der Waals surface area contributed by atoms with Gasteiger partial charge in [0.15, 0.2) is 0 Å². The summed E-state index contributed by atoms with van der Waals surface area (Å²) in [4.78, 5) is 3.61. The predicted molar refractivity (Wildman–Crippen MR) is 71.9 cm³/mol. The average molecular weight is 278 g/mol. The number of halogens is 1. The fourth-order valence-electron chi connectivity index (χ4n) is 2.75. The molecule has 0 spiro atoms. The van der Waals surface area contributed by atoms with E-state index in [1.165, 1.54) is 59.6 Å². The summed E-state index contributed by atoms with van der Waals surface area (Å²) < 4.78 is 1.19. The summed E-state index contributed by atoms with van der Waals surface area (Å²) >= 11 is 3.63. The molecule has 0 bridgehead atoms. The Morgan fingerprint density at radius 1 is 1.00 bits per heavy atom. The van der Waals surface area contributed by atoms with Crippen molar-refractivity contribution in [3.63, 3.8) is 0 Å². The molecule has 2 heteroatoms. The van der Waals surface area contributed by atoms with Gasteiger partial charge in [0.1, 0.15) is 0 Å². The summed E-state index contributed by atoms with van der Waals surface area (Å²) in [6.07, 6.45) is 7.90. The third-order valence-electron chi connectivity index (χ3n) is 3.58. The van der Waals surface area contributed by atoms with Gasteiger partial charge in [-0.1, -0.05) is 25.0 Å². The molecule has 16 heavy (non-hydrogen) atoms. The van der Waals surface area contributed by atoms with Crippen molar-refractivity contribution in [3.05, 3.63) is 33.9 Å². The van der Waals surface area contributed by atoms with Crippen LogP contribution in [0.15, 0.2) is 22.7 Å². The first kappa shape index (κ1) is 10.4. The van der Waals surface area contributed by atoms with E-state index in [1.54, 1.807) is 5.56 Å². The molecule has 3 rings (SSSR count). The third kappa shape index (κ3) is 1.69. The molecule has 0 aliphatic heterocycles. The number of aryl methyl sites for hydroxylation is 2. The molecule has 0 radical (unpaired) electrons. The van der Waals surface area contributed by atoms with Gasteiger partial charge >= 0.3 is 0 Å². The van der Waals surface area contributed by atoms with E-state index in [9.17, 15) is 0 Å². The van der Waals surface area contributed by atoms with Crippen molar-refractivity contribution in [2.45, 2.75) is 38.5 Å². The van der Waals surface area contributed by atoms with E-state index in [-0.39, 0.29) is 0 Å². The standard InChI is InChI=1S/C14H16BrN/c15-12-8-5-7-11-10-6-3-1-2-4-9-13(10)16-14(11)12/h5,7-8,16H,1-4,6,9H2. The van der Waals surface area contributed by atoms with Crippen molar-refractivity contribution in [2.75, 3.05) is 0 Å². The molecular formula is C14H16BrN. The maximum atomic E-state index is 3.63. The van der Waals surface area contributed by atoms with Crippen LogP contribution in [0.3, 0.4) is 0 Å². The SMILES string of the molecule is Brc1cccc2c3c([nH]c12)CCCCCC3. The Hall–Kier alpha value is -0.760. The lowest BCUT2D eigenvalue weighted by atomic mass is 9.97. The minimum atomic E-state index is 1.19. The first-order valence-electron chi connectivity index (χ1n) is 6.14. The Kier molecular flexibility index (Phi) is 2.76. The zero-order valence-electron chi connectivity index (χ0n) is 9.35. The van der Waals surface area contributed by atoms with Crippen molar-refractivity contribution in [3.8, 4) is 0 Å². The van der Waals surface area contributed by atoms with Gasteiger partial charge in [0.25, 0.3) is 0 Å². The second kappa shape index (κ2) is 4.25. The average Bonchev–Trinajstić information content (AvgIpc) is 2.57. The molecule has 84 valence electrons. The van der Waals surface area contributed by atoms with E-state index in [4.69, 9.17) is 0 Å². The minimum absolute atomic E-state index is 1.19. The van der Waals surface area contributed by atoms with Crippen LogP contribution in [0.1, 0.15) is 36.9 Å². The van der Waals surface area contributed by atoms with E-state index >= 15 is 0 Å². The highest BCUT2D eigenvalue weighted by Crippen LogP contribution is 2.31. The van der Waals surface area contributed by atoms with Crippen molar-refractivity contribution in [1.82, 2.24) is 4.98 Å². The smallest absolute Gasteiger partial charge is 0.0603 e. The number of aromatic nitrogens is 1. The molecule has 0 amide bonds. The van der Waals surface area contributed by atoms with Crippen LogP contribution in [-0.4, -0.2) is 4.98 Å². The Morgan fingerprint density at radius 2 is 1.81 bits per heavy atom. The van der Waals surface area contributed by atoms with Gasteiger partial charge < -0.3 is 4.98 Å². The molecule has 1 aromatic heterocycles. The van der Waals surface area contributed by atoms with Gasteiger partial charge in [0.05, 0.1) is 5.52 Å². The van der Waals surface area contributed by atoms with Crippen molar-refractivity contribution >= 4 is 26.8 Å². The molecule has 1 aliphatic rings. The van der Waals surface area contributed by atoms with Crippen LogP contribution in [-0.2, 0) is 12.8 Å². The molecule has 1 nitrogen and oxygen atoms in total. The molecule has 0 fully saturated rings. The van der Waals surface area contributed by atoms with Gasteiger partial charge in [-0.25, -0.2) is 0 Å². The highest BCUT2D eigenvalue weighted by molar-refractivity contribution is 9.10. The van der Waals surface area contributed by atoms with E-state index in [2.05, 4.69) is 39.1 Å². The van der Waals surface area contributed by atoms with E-state index in [0.717, 1.165) is 0 Å². The fourth-order valence-corrected chi connectivity index (χ4v) is 3.21. The molecule has 0 saturated heterocycles.